The minimum Gasteiger partial charge on any atom is -0.348 e. The lowest BCUT2D eigenvalue weighted by atomic mass is 9.84. The molecule has 1 N–H and O–H groups in total. The molecule has 0 aromatic heterocycles. The van der Waals surface area contributed by atoms with E-state index in [0.717, 1.165) is 38.0 Å². The summed E-state index contributed by atoms with van der Waals surface area (Å²) < 4.78 is 0. The summed E-state index contributed by atoms with van der Waals surface area (Å²) in [4.78, 5) is 24.6. The molecule has 3 aliphatic heterocycles. The van der Waals surface area contributed by atoms with Crippen molar-refractivity contribution in [1.82, 2.24) is 10.2 Å². The molecular weight excluding hydrogens is 282 g/mol. The van der Waals surface area contributed by atoms with E-state index in [4.69, 9.17) is 0 Å². The van der Waals surface area contributed by atoms with Crippen LogP contribution in [0.4, 0.5) is 5.69 Å². The minimum absolute atomic E-state index is 0.0499. The van der Waals surface area contributed by atoms with Gasteiger partial charge in [0.05, 0.1) is 4.92 Å². The number of nitrogens with one attached hydrogen (secondary N) is 1. The number of hydrogen-bond donors (Lipinski definition) is 1. The summed E-state index contributed by atoms with van der Waals surface area (Å²) in [6.45, 7) is 3.24. The van der Waals surface area contributed by atoms with Crippen molar-refractivity contribution in [2.75, 3.05) is 19.6 Å². The van der Waals surface area contributed by atoms with E-state index in [-0.39, 0.29) is 17.6 Å². The zero-order chi connectivity index (χ0) is 15.5. The Balaban J connectivity index is 1.56. The molecule has 0 spiro atoms. The molecule has 3 heterocycles. The van der Waals surface area contributed by atoms with E-state index in [1.54, 1.807) is 18.2 Å². The average molecular weight is 301 g/mol. The van der Waals surface area contributed by atoms with E-state index in [0.29, 0.717) is 5.92 Å². The van der Waals surface area contributed by atoms with Gasteiger partial charge in [0.1, 0.15) is 0 Å². The Morgan fingerprint density at radius 3 is 2.50 bits per heavy atom. The monoisotopic (exact) mass is 301 g/mol. The lowest BCUT2D eigenvalue weighted by molar-refractivity contribution is -0.384. The second-order valence-corrected chi connectivity index (χ2v) is 5.94. The van der Waals surface area contributed by atoms with Crippen molar-refractivity contribution in [1.29, 1.82) is 0 Å². The van der Waals surface area contributed by atoms with E-state index in [1.807, 2.05) is 0 Å². The Morgan fingerprint density at radius 2 is 1.95 bits per heavy atom. The van der Waals surface area contributed by atoms with Gasteiger partial charge in [0, 0.05) is 30.8 Å². The highest BCUT2D eigenvalue weighted by Gasteiger charge is 2.34. The van der Waals surface area contributed by atoms with Crippen LogP contribution in [0.5, 0.6) is 0 Å². The van der Waals surface area contributed by atoms with E-state index in [9.17, 15) is 14.9 Å². The van der Waals surface area contributed by atoms with Crippen LogP contribution in [0.1, 0.15) is 18.4 Å². The van der Waals surface area contributed by atoms with E-state index >= 15 is 0 Å². The Bertz CT molecular complexity index is 589. The molecule has 0 aliphatic carbocycles. The smallest absolute Gasteiger partial charge is 0.269 e. The van der Waals surface area contributed by atoms with Crippen LogP contribution in [-0.4, -0.2) is 41.4 Å². The predicted octanol–water partition coefficient (Wildman–Crippen LogP) is 1.82. The second-order valence-electron chi connectivity index (χ2n) is 5.94. The van der Waals surface area contributed by atoms with Crippen LogP contribution in [0, 0.1) is 16.0 Å². The second kappa shape index (κ2) is 6.27. The van der Waals surface area contributed by atoms with Gasteiger partial charge in [-0.05, 0) is 55.6 Å². The fourth-order valence-corrected chi connectivity index (χ4v) is 3.24. The first-order valence-corrected chi connectivity index (χ1v) is 7.57. The predicted molar refractivity (Wildman–Crippen MR) is 83.2 cm³/mol. The van der Waals surface area contributed by atoms with Crippen LogP contribution in [0.2, 0.25) is 0 Å². The summed E-state index contributed by atoms with van der Waals surface area (Å²) >= 11 is 0. The van der Waals surface area contributed by atoms with Crippen molar-refractivity contribution < 1.29 is 9.72 Å². The highest BCUT2D eigenvalue weighted by molar-refractivity contribution is 5.92. The molecule has 3 saturated heterocycles. The molecule has 116 valence electrons. The highest BCUT2D eigenvalue weighted by Crippen LogP contribution is 2.27. The van der Waals surface area contributed by atoms with Crippen LogP contribution in [-0.2, 0) is 4.79 Å². The zero-order valence-electron chi connectivity index (χ0n) is 12.3. The third kappa shape index (κ3) is 3.33. The molecule has 1 atom stereocenters. The molecule has 0 saturated carbocycles. The summed E-state index contributed by atoms with van der Waals surface area (Å²) in [6, 6.07) is 6.39. The van der Waals surface area contributed by atoms with Crippen LogP contribution in [0.3, 0.4) is 0 Å². The molecular formula is C16H19N3O3. The molecule has 1 unspecified atom stereocenters. The van der Waals surface area contributed by atoms with Crippen molar-refractivity contribution in [3.05, 3.63) is 46.0 Å². The normalized spacial score (nSPS) is 27.0. The summed E-state index contributed by atoms with van der Waals surface area (Å²) in [7, 11) is 0. The summed E-state index contributed by atoms with van der Waals surface area (Å²) in [5.74, 6) is 0.499. The Kier molecular flexibility index (Phi) is 4.20. The number of rotatable bonds is 4. The number of amides is 1. The number of nitrogens with zero attached hydrogens (tertiary/aromatic N) is 2. The molecule has 3 aliphatic rings. The number of benzene rings is 1. The minimum atomic E-state index is -0.437. The maximum atomic E-state index is 12.0. The van der Waals surface area contributed by atoms with Gasteiger partial charge in [-0.2, -0.15) is 0 Å². The van der Waals surface area contributed by atoms with Gasteiger partial charge in [0.25, 0.3) is 5.69 Å². The quantitative estimate of drug-likeness (QED) is 0.523. The number of non-ortho nitro benzene ring substituents is 1. The molecule has 2 bridgehead atoms. The van der Waals surface area contributed by atoms with Crippen molar-refractivity contribution in [2.24, 2.45) is 5.92 Å². The van der Waals surface area contributed by atoms with Crippen molar-refractivity contribution >= 4 is 17.7 Å². The van der Waals surface area contributed by atoms with Crippen molar-refractivity contribution in [3.8, 4) is 0 Å². The van der Waals surface area contributed by atoms with Crippen LogP contribution in [0.15, 0.2) is 30.3 Å². The van der Waals surface area contributed by atoms with Gasteiger partial charge in [-0.25, -0.2) is 0 Å². The zero-order valence-corrected chi connectivity index (χ0v) is 12.3. The maximum absolute atomic E-state index is 12.0. The van der Waals surface area contributed by atoms with Gasteiger partial charge >= 0.3 is 0 Å². The Labute approximate surface area is 129 Å². The maximum Gasteiger partial charge on any atom is 0.269 e. The first-order valence-electron chi connectivity index (χ1n) is 7.57. The fraction of sp³-hybridized carbons (Fsp3) is 0.438. The van der Waals surface area contributed by atoms with Gasteiger partial charge < -0.3 is 10.2 Å². The number of piperidine rings is 3. The third-order valence-electron chi connectivity index (χ3n) is 4.51. The number of carbonyl (C=O) groups is 1. The topological polar surface area (TPSA) is 75.5 Å². The first-order chi connectivity index (χ1) is 10.6. The summed E-state index contributed by atoms with van der Waals surface area (Å²) in [6.07, 6.45) is 5.51. The fourth-order valence-electron chi connectivity index (χ4n) is 3.24. The number of hydrogen-bond acceptors (Lipinski definition) is 4. The van der Waals surface area contributed by atoms with Crippen LogP contribution in [0.25, 0.3) is 6.08 Å². The number of carbonyl (C=O) groups excluding carboxylic acids is 1. The van der Waals surface area contributed by atoms with Gasteiger partial charge in [-0.3, -0.25) is 14.9 Å². The lowest BCUT2D eigenvalue weighted by Gasteiger charge is -2.44. The summed E-state index contributed by atoms with van der Waals surface area (Å²) in [5, 5.41) is 13.7. The molecule has 4 rings (SSSR count). The first kappa shape index (κ1) is 14.7. The molecule has 22 heavy (non-hydrogen) atoms. The Morgan fingerprint density at radius 1 is 1.27 bits per heavy atom. The van der Waals surface area contributed by atoms with Crippen LogP contribution < -0.4 is 5.32 Å². The largest absolute Gasteiger partial charge is 0.348 e. The number of fused-ring (bicyclic) bond motifs is 3. The van der Waals surface area contributed by atoms with Crippen LogP contribution >= 0.6 is 0 Å². The molecule has 1 aromatic carbocycles. The number of nitro groups is 1. The molecule has 3 fully saturated rings. The Hall–Kier alpha value is -2.21. The molecule has 1 amide bonds. The van der Waals surface area contributed by atoms with Gasteiger partial charge in [0.2, 0.25) is 5.91 Å². The van der Waals surface area contributed by atoms with E-state index < -0.39 is 4.92 Å². The SMILES string of the molecule is O=C(C=Cc1ccc([N+](=O)[O-])cc1)NC1CN2CCC1CC2. The molecule has 6 nitrogen and oxygen atoms in total. The van der Waals surface area contributed by atoms with E-state index in [2.05, 4.69) is 10.2 Å². The standard InChI is InChI=1S/C16H19N3O3/c20-16(17-15-11-18-9-7-13(15)8-10-18)6-3-12-1-4-14(5-2-12)19(21)22/h1-6,13,15H,7-11H2,(H,17,20). The number of nitro benzene ring substituents is 1. The molecule has 1 aromatic rings. The molecule has 6 heteroatoms. The molecule has 0 radical (unpaired) electrons. The average Bonchev–Trinajstić information content (AvgIpc) is 2.54. The van der Waals surface area contributed by atoms with Gasteiger partial charge in [-0.1, -0.05) is 0 Å². The third-order valence-corrected chi connectivity index (χ3v) is 4.51. The summed E-state index contributed by atoms with van der Waals surface area (Å²) in [5.41, 5.74) is 0.823. The highest BCUT2D eigenvalue weighted by atomic mass is 16.6. The van der Waals surface area contributed by atoms with Crippen molar-refractivity contribution in [2.45, 2.75) is 18.9 Å². The van der Waals surface area contributed by atoms with Crippen molar-refractivity contribution in [3.63, 3.8) is 0 Å². The van der Waals surface area contributed by atoms with E-state index in [1.165, 1.54) is 18.2 Å². The van der Waals surface area contributed by atoms with Gasteiger partial charge in [0.15, 0.2) is 0 Å². The lowest BCUT2D eigenvalue weighted by Crippen LogP contribution is -2.57. The van der Waals surface area contributed by atoms with Gasteiger partial charge in [-0.15, -0.1) is 0 Å².